The monoisotopic (exact) mass is 364 g/mol. The van der Waals surface area contributed by atoms with Gasteiger partial charge in [-0.1, -0.05) is 57.6 Å². The summed E-state index contributed by atoms with van der Waals surface area (Å²) in [5.41, 5.74) is 0. The SMILES string of the molecule is CCCCCC/C=C\CCCCCCCC(=O)N[C@H]1CCCNC(=O)C1. The molecular formula is C22H40N2O2. The Balaban J connectivity index is 1.89. The third-order valence-electron chi connectivity index (χ3n) is 5.01. The Hall–Kier alpha value is -1.32. The zero-order valence-electron chi connectivity index (χ0n) is 16.9. The number of hydrogen-bond acceptors (Lipinski definition) is 2. The van der Waals surface area contributed by atoms with Crippen LogP contribution in [0.25, 0.3) is 0 Å². The van der Waals surface area contributed by atoms with Gasteiger partial charge in [-0.05, 0) is 44.9 Å². The van der Waals surface area contributed by atoms with E-state index in [0.717, 1.165) is 32.2 Å². The van der Waals surface area contributed by atoms with Crippen molar-refractivity contribution in [2.45, 2.75) is 109 Å². The van der Waals surface area contributed by atoms with Gasteiger partial charge in [0, 0.05) is 25.4 Å². The summed E-state index contributed by atoms with van der Waals surface area (Å²) in [6, 6.07) is 0.0266. The maximum atomic E-state index is 12.0. The van der Waals surface area contributed by atoms with E-state index in [0.29, 0.717) is 12.8 Å². The Bertz CT molecular complexity index is 407. The lowest BCUT2D eigenvalue weighted by Crippen LogP contribution is -2.36. The van der Waals surface area contributed by atoms with Crippen LogP contribution in [0.2, 0.25) is 0 Å². The summed E-state index contributed by atoms with van der Waals surface area (Å²) in [5, 5.41) is 5.87. The quantitative estimate of drug-likeness (QED) is 0.335. The number of nitrogens with one attached hydrogen (secondary N) is 2. The van der Waals surface area contributed by atoms with Crippen LogP contribution in [-0.4, -0.2) is 24.4 Å². The van der Waals surface area contributed by atoms with Crippen molar-refractivity contribution in [3.63, 3.8) is 0 Å². The zero-order valence-corrected chi connectivity index (χ0v) is 16.9. The van der Waals surface area contributed by atoms with Crippen molar-refractivity contribution >= 4 is 11.8 Å². The van der Waals surface area contributed by atoms with Gasteiger partial charge >= 0.3 is 0 Å². The van der Waals surface area contributed by atoms with Crippen LogP contribution in [-0.2, 0) is 9.59 Å². The van der Waals surface area contributed by atoms with Crippen LogP contribution in [0.5, 0.6) is 0 Å². The number of unbranched alkanes of at least 4 members (excludes halogenated alkanes) is 9. The molecule has 0 aromatic heterocycles. The second-order valence-electron chi connectivity index (χ2n) is 7.59. The molecule has 1 fully saturated rings. The average molecular weight is 365 g/mol. The molecule has 4 heteroatoms. The smallest absolute Gasteiger partial charge is 0.222 e. The topological polar surface area (TPSA) is 58.2 Å². The van der Waals surface area contributed by atoms with Crippen LogP contribution in [0.4, 0.5) is 0 Å². The lowest BCUT2D eigenvalue weighted by Gasteiger charge is -2.15. The molecule has 2 N–H and O–H groups in total. The summed E-state index contributed by atoms with van der Waals surface area (Å²) < 4.78 is 0. The third-order valence-corrected chi connectivity index (χ3v) is 5.01. The fourth-order valence-electron chi connectivity index (χ4n) is 3.40. The number of carbonyl (C=O) groups is 2. The minimum atomic E-state index is 0.0266. The standard InChI is InChI=1S/C22H40N2O2/c1-2-3-4-5-6-7-8-9-10-11-12-13-14-17-21(25)24-20-16-15-18-23-22(26)19-20/h7-8,20H,2-6,9-19H2,1H3,(H,23,26)(H,24,25)/b8-7-/t20-/m0/s1. The first-order valence-corrected chi connectivity index (χ1v) is 10.9. The number of amides is 2. The van der Waals surface area contributed by atoms with Gasteiger partial charge in [0.1, 0.15) is 0 Å². The number of allylic oxidation sites excluding steroid dienone is 2. The van der Waals surface area contributed by atoms with E-state index in [-0.39, 0.29) is 17.9 Å². The van der Waals surface area contributed by atoms with Crippen LogP contribution < -0.4 is 10.6 Å². The molecule has 0 spiro atoms. The van der Waals surface area contributed by atoms with Crippen LogP contribution >= 0.6 is 0 Å². The summed E-state index contributed by atoms with van der Waals surface area (Å²) in [6.45, 7) is 2.99. The van der Waals surface area contributed by atoms with Gasteiger partial charge in [0.2, 0.25) is 11.8 Å². The van der Waals surface area contributed by atoms with E-state index in [2.05, 4.69) is 29.7 Å². The first-order valence-electron chi connectivity index (χ1n) is 10.9. The normalized spacial score (nSPS) is 17.9. The lowest BCUT2D eigenvalue weighted by molar-refractivity contribution is -0.123. The largest absolute Gasteiger partial charge is 0.356 e. The van der Waals surface area contributed by atoms with Gasteiger partial charge in [-0.25, -0.2) is 0 Å². The molecule has 0 unspecified atom stereocenters. The Morgan fingerprint density at radius 3 is 2.42 bits per heavy atom. The molecule has 0 aromatic rings. The predicted molar refractivity (Wildman–Crippen MR) is 109 cm³/mol. The van der Waals surface area contributed by atoms with Crippen LogP contribution in [0.15, 0.2) is 12.2 Å². The van der Waals surface area contributed by atoms with Gasteiger partial charge < -0.3 is 10.6 Å². The van der Waals surface area contributed by atoms with E-state index < -0.39 is 0 Å². The molecule has 1 aliphatic heterocycles. The number of hydrogen-bond donors (Lipinski definition) is 2. The van der Waals surface area contributed by atoms with Crippen LogP contribution in [0, 0.1) is 0 Å². The van der Waals surface area contributed by atoms with E-state index in [9.17, 15) is 9.59 Å². The second-order valence-corrected chi connectivity index (χ2v) is 7.59. The highest BCUT2D eigenvalue weighted by molar-refractivity contribution is 5.79. The first kappa shape index (κ1) is 22.7. The summed E-state index contributed by atoms with van der Waals surface area (Å²) >= 11 is 0. The van der Waals surface area contributed by atoms with E-state index in [1.165, 1.54) is 57.8 Å². The summed E-state index contributed by atoms with van der Waals surface area (Å²) in [4.78, 5) is 23.5. The fourth-order valence-corrected chi connectivity index (χ4v) is 3.40. The van der Waals surface area contributed by atoms with Crippen molar-refractivity contribution in [2.75, 3.05) is 6.54 Å². The molecule has 0 saturated carbocycles. The maximum absolute atomic E-state index is 12.0. The fraction of sp³-hybridized carbons (Fsp3) is 0.818. The molecule has 0 radical (unpaired) electrons. The van der Waals surface area contributed by atoms with Crippen molar-refractivity contribution in [3.8, 4) is 0 Å². The molecule has 0 bridgehead atoms. The van der Waals surface area contributed by atoms with Gasteiger partial charge in [0.25, 0.3) is 0 Å². The van der Waals surface area contributed by atoms with E-state index >= 15 is 0 Å². The molecule has 1 heterocycles. The molecule has 0 aromatic carbocycles. The Labute approximate surface area is 160 Å². The van der Waals surface area contributed by atoms with Gasteiger partial charge in [-0.2, -0.15) is 0 Å². The molecule has 1 atom stereocenters. The van der Waals surface area contributed by atoms with Gasteiger partial charge in [-0.15, -0.1) is 0 Å². The first-order chi connectivity index (χ1) is 12.7. The summed E-state index contributed by atoms with van der Waals surface area (Å²) in [7, 11) is 0. The van der Waals surface area contributed by atoms with Crippen molar-refractivity contribution in [2.24, 2.45) is 0 Å². The average Bonchev–Trinajstić information content (AvgIpc) is 2.82. The van der Waals surface area contributed by atoms with Crippen LogP contribution in [0.3, 0.4) is 0 Å². The highest BCUT2D eigenvalue weighted by Gasteiger charge is 2.18. The lowest BCUT2D eigenvalue weighted by atomic mass is 10.1. The van der Waals surface area contributed by atoms with Crippen molar-refractivity contribution < 1.29 is 9.59 Å². The van der Waals surface area contributed by atoms with Gasteiger partial charge in [0.05, 0.1) is 0 Å². The molecule has 2 amide bonds. The molecule has 1 saturated heterocycles. The Morgan fingerprint density at radius 1 is 1.04 bits per heavy atom. The Morgan fingerprint density at radius 2 is 1.69 bits per heavy atom. The van der Waals surface area contributed by atoms with Crippen molar-refractivity contribution in [1.82, 2.24) is 10.6 Å². The molecule has 0 aliphatic carbocycles. The molecular weight excluding hydrogens is 324 g/mol. The molecule has 1 aliphatic rings. The minimum Gasteiger partial charge on any atom is -0.356 e. The summed E-state index contributed by atoms with van der Waals surface area (Å²) in [5.74, 6) is 0.165. The van der Waals surface area contributed by atoms with Gasteiger partial charge in [-0.3, -0.25) is 9.59 Å². The van der Waals surface area contributed by atoms with Crippen molar-refractivity contribution in [1.29, 1.82) is 0 Å². The zero-order chi connectivity index (χ0) is 18.9. The van der Waals surface area contributed by atoms with Gasteiger partial charge in [0.15, 0.2) is 0 Å². The Kier molecular flexibility index (Phi) is 13.9. The minimum absolute atomic E-state index is 0.0266. The highest BCUT2D eigenvalue weighted by atomic mass is 16.2. The van der Waals surface area contributed by atoms with Crippen LogP contribution in [0.1, 0.15) is 103 Å². The number of rotatable bonds is 14. The van der Waals surface area contributed by atoms with E-state index in [1.807, 2.05) is 0 Å². The number of carbonyl (C=O) groups excluding carboxylic acids is 2. The second kappa shape index (κ2) is 15.9. The molecule has 150 valence electrons. The molecule has 1 rings (SSSR count). The molecule has 26 heavy (non-hydrogen) atoms. The summed E-state index contributed by atoms with van der Waals surface area (Å²) in [6.07, 6.45) is 21.1. The molecule has 4 nitrogen and oxygen atoms in total. The predicted octanol–water partition coefficient (Wildman–Crippen LogP) is 5.03. The highest BCUT2D eigenvalue weighted by Crippen LogP contribution is 2.10. The van der Waals surface area contributed by atoms with E-state index in [4.69, 9.17) is 0 Å². The van der Waals surface area contributed by atoms with Crippen molar-refractivity contribution in [3.05, 3.63) is 12.2 Å². The maximum Gasteiger partial charge on any atom is 0.222 e. The third kappa shape index (κ3) is 13.0. The van der Waals surface area contributed by atoms with E-state index in [1.54, 1.807) is 0 Å².